The molecule has 0 amide bonds. The summed E-state index contributed by atoms with van der Waals surface area (Å²) in [4.78, 5) is 8.27. The molecule has 0 saturated heterocycles. The molecule has 3 nitrogen and oxygen atoms in total. The summed E-state index contributed by atoms with van der Waals surface area (Å²) >= 11 is 0. The molecule has 0 saturated carbocycles. The second-order valence-electron chi connectivity index (χ2n) is 3.80. The summed E-state index contributed by atoms with van der Waals surface area (Å²) in [6, 6.07) is 3.58. The Morgan fingerprint density at radius 2 is 2.43 bits per heavy atom. The summed E-state index contributed by atoms with van der Waals surface area (Å²) in [7, 11) is 0. The first-order chi connectivity index (χ1) is 6.75. The standard InChI is InChI=1S/C11H13N2O/c1-8(2)5-6-10-13-11-9(14-10)4-3-7-12-11/h3-4,8H,5-6H2,1-2H3/q+1. The van der Waals surface area contributed by atoms with E-state index in [1.54, 1.807) is 6.07 Å². The van der Waals surface area contributed by atoms with Gasteiger partial charge in [0.1, 0.15) is 0 Å². The summed E-state index contributed by atoms with van der Waals surface area (Å²) in [5.74, 6) is 1.45. The fourth-order valence-corrected chi connectivity index (χ4v) is 1.29. The van der Waals surface area contributed by atoms with Gasteiger partial charge in [-0.15, -0.1) is 4.98 Å². The van der Waals surface area contributed by atoms with Crippen LogP contribution in [0.15, 0.2) is 16.5 Å². The van der Waals surface area contributed by atoms with E-state index in [1.165, 1.54) is 0 Å². The van der Waals surface area contributed by atoms with E-state index < -0.39 is 0 Å². The van der Waals surface area contributed by atoms with E-state index in [4.69, 9.17) is 4.42 Å². The molecule has 0 radical (unpaired) electrons. The lowest BCUT2D eigenvalue weighted by Gasteiger charge is -1.97. The zero-order valence-corrected chi connectivity index (χ0v) is 8.45. The molecule has 0 aliphatic heterocycles. The summed E-state index contributed by atoms with van der Waals surface area (Å²) in [5, 5.41) is 0. The Bertz CT molecular complexity index is 387. The maximum atomic E-state index is 5.52. The van der Waals surface area contributed by atoms with Crippen LogP contribution in [0.2, 0.25) is 0 Å². The minimum absolute atomic E-state index is 0.659. The van der Waals surface area contributed by atoms with Crippen molar-refractivity contribution in [1.29, 1.82) is 0 Å². The van der Waals surface area contributed by atoms with E-state index in [9.17, 15) is 0 Å². The van der Waals surface area contributed by atoms with Crippen LogP contribution in [0.4, 0.5) is 0 Å². The molecule has 2 heterocycles. The van der Waals surface area contributed by atoms with Crippen LogP contribution in [0, 0.1) is 12.1 Å². The number of hydrogen-bond donors (Lipinski definition) is 0. The average Bonchev–Trinajstić information content (AvgIpc) is 2.57. The lowest BCUT2D eigenvalue weighted by atomic mass is 10.1. The maximum absolute atomic E-state index is 5.52. The highest BCUT2D eigenvalue weighted by molar-refractivity contribution is 5.62. The molecular formula is C11H13N2O+. The number of rotatable bonds is 3. The Morgan fingerprint density at radius 3 is 3.14 bits per heavy atom. The monoisotopic (exact) mass is 189 g/mol. The van der Waals surface area contributed by atoms with Crippen LogP contribution in [0.5, 0.6) is 0 Å². The smallest absolute Gasteiger partial charge is 0.413 e. The first kappa shape index (κ1) is 9.01. The fourth-order valence-electron chi connectivity index (χ4n) is 1.29. The van der Waals surface area contributed by atoms with Crippen LogP contribution in [-0.4, -0.2) is 4.98 Å². The van der Waals surface area contributed by atoms with Crippen LogP contribution in [0.1, 0.15) is 26.2 Å². The van der Waals surface area contributed by atoms with Crippen molar-refractivity contribution in [2.75, 3.05) is 0 Å². The van der Waals surface area contributed by atoms with Gasteiger partial charge in [-0.2, -0.15) is 0 Å². The molecule has 0 N–H and O–H groups in total. The first-order valence-corrected chi connectivity index (χ1v) is 4.88. The highest BCUT2D eigenvalue weighted by Gasteiger charge is 2.15. The summed E-state index contributed by atoms with van der Waals surface area (Å²) in [6.45, 7) is 4.38. The second-order valence-corrected chi connectivity index (χ2v) is 3.80. The van der Waals surface area contributed by atoms with E-state index >= 15 is 0 Å². The van der Waals surface area contributed by atoms with Crippen molar-refractivity contribution in [2.45, 2.75) is 26.7 Å². The highest BCUT2D eigenvalue weighted by Crippen LogP contribution is 2.12. The fraction of sp³-hybridized carbons (Fsp3) is 0.455. The summed E-state index contributed by atoms with van der Waals surface area (Å²) in [6.07, 6.45) is 4.72. The Balaban J connectivity index is 2.19. The van der Waals surface area contributed by atoms with E-state index in [2.05, 4.69) is 30.0 Å². The van der Waals surface area contributed by atoms with Gasteiger partial charge in [0.25, 0.3) is 0 Å². The largest absolute Gasteiger partial charge is 0.472 e. The van der Waals surface area contributed by atoms with Gasteiger partial charge in [0.2, 0.25) is 5.58 Å². The summed E-state index contributed by atoms with van der Waals surface area (Å²) < 4.78 is 5.52. The Labute approximate surface area is 83.2 Å². The molecule has 0 aliphatic rings. The van der Waals surface area contributed by atoms with Gasteiger partial charge >= 0.3 is 11.5 Å². The molecular weight excluding hydrogens is 176 g/mol. The summed E-state index contributed by atoms with van der Waals surface area (Å²) in [5.41, 5.74) is 1.41. The van der Waals surface area contributed by atoms with Crippen LogP contribution in [0.25, 0.3) is 11.2 Å². The van der Waals surface area contributed by atoms with Gasteiger partial charge in [0, 0.05) is 17.1 Å². The second kappa shape index (κ2) is 3.67. The lowest BCUT2D eigenvalue weighted by molar-refractivity contribution is -0.261. The van der Waals surface area contributed by atoms with Crippen molar-refractivity contribution >= 4 is 11.2 Å². The van der Waals surface area contributed by atoms with Crippen LogP contribution >= 0.6 is 0 Å². The predicted octanol–water partition coefficient (Wildman–Crippen LogP) is 1.82. The number of nitrogens with zero attached hydrogens (tertiary/aromatic N) is 2. The Kier molecular flexibility index (Phi) is 2.36. The lowest BCUT2D eigenvalue weighted by Crippen LogP contribution is -1.94. The quantitative estimate of drug-likeness (QED) is 0.739. The van der Waals surface area contributed by atoms with Crippen LogP contribution in [-0.2, 0) is 6.42 Å². The molecule has 0 fully saturated rings. The van der Waals surface area contributed by atoms with Crippen molar-refractivity contribution in [3.05, 3.63) is 24.2 Å². The third-order valence-electron chi connectivity index (χ3n) is 2.09. The van der Waals surface area contributed by atoms with Gasteiger partial charge in [0.05, 0.1) is 6.42 Å². The topological polar surface area (TPSA) is 40.1 Å². The van der Waals surface area contributed by atoms with Gasteiger partial charge < -0.3 is 4.42 Å². The Morgan fingerprint density at radius 1 is 1.57 bits per heavy atom. The van der Waals surface area contributed by atoms with Gasteiger partial charge in [0.15, 0.2) is 6.20 Å². The molecule has 0 spiro atoms. The molecule has 0 atom stereocenters. The van der Waals surface area contributed by atoms with Gasteiger partial charge in [-0.25, -0.2) is 0 Å². The van der Waals surface area contributed by atoms with E-state index in [0.29, 0.717) is 11.6 Å². The number of aromatic nitrogens is 2. The third-order valence-corrected chi connectivity index (χ3v) is 2.09. The molecule has 2 aromatic rings. The van der Waals surface area contributed by atoms with Crippen molar-refractivity contribution in [2.24, 2.45) is 5.92 Å². The van der Waals surface area contributed by atoms with Crippen molar-refractivity contribution in [3.63, 3.8) is 0 Å². The number of oxazole rings is 1. The predicted molar refractivity (Wildman–Crippen MR) is 51.6 cm³/mol. The maximum Gasteiger partial charge on any atom is 0.472 e. The van der Waals surface area contributed by atoms with E-state index in [-0.39, 0.29) is 0 Å². The normalized spacial score (nSPS) is 10.8. The molecule has 0 aliphatic carbocycles. The minimum atomic E-state index is 0.659. The van der Waals surface area contributed by atoms with Gasteiger partial charge in [-0.1, -0.05) is 13.8 Å². The molecule has 3 heteroatoms. The first-order valence-electron chi connectivity index (χ1n) is 4.88. The zero-order valence-electron chi connectivity index (χ0n) is 8.45. The third kappa shape index (κ3) is 1.85. The molecule has 14 heavy (non-hydrogen) atoms. The highest BCUT2D eigenvalue weighted by atomic mass is 16.3. The number of fused-ring (bicyclic) bond motifs is 1. The van der Waals surface area contributed by atoms with Gasteiger partial charge in [-0.05, 0) is 12.3 Å². The van der Waals surface area contributed by atoms with E-state index in [0.717, 1.165) is 24.3 Å². The van der Waals surface area contributed by atoms with Gasteiger partial charge in [-0.3, -0.25) is 0 Å². The number of hydrogen-bond acceptors (Lipinski definition) is 2. The molecule has 0 aromatic carbocycles. The van der Waals surface area contributed by atoms with Crippen molar-refractivity contribution < 1.29 is 9.40 Å². The molecule has 0 bridgehead atoms. The SMILES string of the molecule is CC(C)CCc1nc2[n+]#cccc2o1. The van der Waals surface area contributed by atoms with Crippen molar-refractivity contribution in [3.8, 4) is 0 Å². The molecule has 72 valence electrons. The van der Waals surface area contributed by atoms with E-state index in [1.807, 2.05) is 6.07 Å². The molecule has 2 rings (SSSR count). The van der Waals surface area contributed by atoms with Crippen molar-refractivity contribution in [1.82, 2.24) is 4.98 Å². The minimum Gasteiger partial charge on any atom is -0.413 e. The average molecular weight is 189 g/mol. The van der Waals surface area contributed by atoms with Crippen LogP contribution < -0.4 is 4.98 Å². The number of aryl methyl sites for hydroxylation is 1. The zero-order chi connectivity index (χ0) is 9.97. The molecule has 0 unspecified atom stereocenters. The Hall–Kier alpha value is -1.56. The molecule has 2 aromatic heterocycles. The van der Waals surface area contributed by atoms with Crippen LogP contribution in [0.3, 0.4) is 0 Å².